The van der Waals surface area contributed by atoms with Crippen molar-refractivity contribution in [3.05, 3.63) is 29.3 Å². The largest absolute Gasteiger partial charge is 0.497 e. The molecule has 1 N–H and O–H groups in total. The van der Waals surface area contributed by atoms with Crippen LogP contribution in [0.5, 0.6) is 5.75 Å². The number of ether oxygens (including phenoxy) is 2. The third kappa shape index (κ3) is 3.04. The van der Waals surface area contributed by atoms with Crippen LogP contribution >= 0.6 is 0 Å². The van der Waals surface area contributed by atoms with Crippen molar-refractivity contribution in [2.45, 2.75) is 19.4 Å². The lowest BCUT2D eigenvalue weighted by molar-refractivity contribution is 0.176. The Bertz CT molecular complexity index is 410. The monoisotopic (exact) mass is 271 g/mol. The molecule has 19 heavy (non-hydrogen) atoms. The van der Waals surface area contributed by atoms with E-state index in [-0.39, 0.29) is 23.3 Å². The fraction of sp³-hybridized carbons (Fsp3) is 0.571. The van der Waals surface area contributed by atoms with E-state index in [4.69, 9.17) is 9.47 Å². The predicted molar refractivity (Wildman–Crippen MR) is 68.3 cm³/mol. The first kappa shape index (κ1) is 14.2. The molecule has 1 aliphatic heterocycles. The minimum atomic E-state index is -0.574. The van der Waals surface area contributed by atoms with Crippen LogP contribution in [0.25, 0.3) is 0 Å². The molecule has 1 aromatic carbocycles. The van der Waals surface area contributed by atoms with E-state index < -0.39 is 11.6 Å². The molecule has 0 amide bonds. The van der Waals surface area contributed by atoms with Crippen LogP contribution in [0.1, 0.15) is 24.9 Å². The zero-order valence-electron chi connectivity index (χ0n) is 11.2. The molecule has 1 heterocycles. The number of hydrogen-bond donors (Lipinski definition) is 1. The molecule has 1 saturated heterocycles. The van der Waals surface area contributed by atoms with Gasteiger partial charge in [-0.25, -0.2) is 8.78 Å². The van der Waals surface area contributed by atoms with Crippen molar-refractivity contribution in [2.24, 2.45) is 5.92 Å². The molecule has 0 saturated carbocycles. The lowest BCUT2D eigenvalue weighted by Crippen LogP contribution is -2.30. The highest BCUT2D eigenvalue weighted by molar-refractivity contribution is 5.33. The quantitative estimate of drug-likeness (QED) is 0.893. The van der Waals surface area contributed by atoms with E-state index in [1.165, 1.54) is 19.2 Å². The molecule has 3 nitrogen and oxygen atoms in total. The summed E-state index contributed by atoms with van der Waals surface area (Å²) >= 11 is 0. The first-order valence-corrected chi connectivity index (χ1v) is 6.51. The van der Waals surface area contributed by atoms with Gasteiger partial charge < -0.3 is 14.8 Å². The molecule has 0 aliphatic carbocycles. The summed E-state index contributed by atoms with van der Waals surface area (Å²) in [7, 11) is 1.39. The van der Waals surface area contributed by atoms with Crippen molar-refractivity contribution in [1.29, 1.82) is 0 Å². The fourth-order valence-corrected chi connectivity index (χ4v) is 2.52. The average molecular weight is 271 g/mol. The summed E-state index contributed by atoms with van der Waals surface area (Å²) < 4.78 is 38.4. The summed E-state index contributed by atoms with van der Waals surface area (Å²) in [6.45, 7) is 3.74. The summed E-state index contributed by atoms with van der Waals surface area (Å²) in [5.74, 6) is -0.863. The third-order valence-corrected chi connectivity index (χ3v) is 3.46. The Balaban J connectivity index is 2.35. The first-order valence-electron chi connectivity index (χ1n) is 6.51. The second-order valence-electron chi connectivity index (χ2n) is 4.66. The number of hydrogen-bond acceptors (Lipinski definition) is 3. The summed E-state index contributed by atoms with van der Waals surface area (Å²) in [5, 5.41) is 3.16. The van der Waals surface area contributed by atoms with Gasteiger partial charge in [-0.1, -0.05) is 6.92 Å². The smallest absolute Gasteiger partial charge is 0.134 e. The van der Waals surface area contributed by atoms with E-state index in [1.54, 1.807) is 0 Å². The SMILES string of the molecule is CCNC(c1c(F)cc(OC)cc1F)C1CCOC1. The topological polar surface area (TPSA) is 30.5 Å². The molecule has 1 aromatic rings. The zero-order valence-corrected chi connectivity index (χ0v) is 11.2. The lowest BCUT2D eigenvalue weighted by atomic mass is 9.91. The molecule has 5 heteroatoms. The highest BCUT2D eigenvalue weighted by atomic mass is 19.1. The number of methoxy groups -OCH3 is 1. The number of rotatable bonds is 5. The lowest BCUT2D eigenvalue weighted by Gasteiger charge is -2.25. The van der Waals surface area contributed by atoms with Gasteiger partial charge in [0.05, 0.1) is 13.7 Å². The Morgan fingerprint density at radius 1 is 1.42 bits per heavy atom. The second kappa shape index (κ2) is 6.30. The van der Waals surface area contributed by atoms with Gasteiger partial charge in [0, 0.05) is 36.3 Å². The maximum absolute atomic E-state index is 14.1. The number of halogens is 2. The molecule has 106 valence electrons. The van der Waals surface area contributed by atoms with Crippen molar-refractivity contribution in [2.75, 3.05) is 26.9 Å². The summed E-state index contributed by atoms with van der Waals surface area (Å²) in [4.78, 5) is 0. The minimum absolute atomic E-state index is 0.0816. The standard InChI is InChI=1S/C14H19F2NO2/c1-3-17-14(9-4-5-19-8-9)13-11(15)6-10(18-2)7-12(13)16/h6-7,9,14,17H,3-5,8H2,1-2H3. The Morgan fingerprint density at radius 2 is 2.11 bits per heavy atom. The maximum atomic E-state index is 14.1. The van der Waals surface area contributed by atoms with Gasteiger partial charge in [-0.15, -0.1) is 0 Å². The van der Waals surface area contributed by atoms with Crippen LogP contribution in [0.4, 0.5) is 8.78 Å². The van der Waals surface area contributed by atoms with E-state index in [9.17, 15) is 8.78 Å². The van der Waals surface area contributed by atoms with Crippen LogP contribution < -0.4 is 10.1 Å². The summed E-state index contributed by atoms with van der Waals surface area (Å²) in [5.41, 5.74) is 0.0816. The predicted octanol–water partition coefficient (Wildman–Crippen LogP) is 2.66. The highest BCUT2D eigenvalue weighted by Crippen LogP contribution is 2.33. The van der Waals surface area contributed by atoms with Gasteiger partial charge in [0.2, 0.25) is 0 Å². The molecule has 0 spiro atoms. The second-order valence-corrected chi connectivity index (χ2v) is 4.66. The summed E-state index contributed by atoms with van der Waals surface area (Å²) in [6, 6.07) is 2.08. The van der Waals surface area contributed by atoms with Gasteiger partial charge in [0.1, 0.15) is 17.4 Å². The van der Waals surface area contributed by atoms with Crippen molar-refractivity contribution in [3.63, 3.8) is 0 Å². The fourth-order valence-electron chi connectivity index (χ4n) is 2.52. The van der Waals surface area contributed by atoms with E-state index in [1.807, 2.05) is 6.92 Å². The number of nitrogens with one attached hydrogen (secondary N) is 1. The average Bonchev–Trinajstić information content (AvgIpc) is 2.90. The van der Waals surface area contributed by atoms with Gasteiger partial charge in [-0.3, -0.25) is 0 Å². The normalized spacial score (nSPS) is 20.5. The summed E-state index contributed by atoms with van der Waals surface area (Å²) in [6.07, 6.45) is 0.808. The van der Waals surface area contributed by atoms with Crippen LogP contribution in [-0.4, -0.2) is 26.9 Å². The van der Waals surface area contributed by atoms with Crippen molar-refractivity contribution < 1.29 is 18.3 Å². The van der Waals surface area contributed by atoms with E-state index in [2.05, 4.69) is 5.32 Å². The van der Waals surface area contributed by atoms with Gasteiger partial charge in [0.25, 0.3) is 0 Å². The third-order valence-electron chi connectivity index (χ3n) is 3.46. The molecule has 1 aliphatic rings. The van der Waals surface area contributed by atoms with Crippen LogP contribution in [-0.2, 0) is 4.74 Å². The Kier molecular flexibility index (Phi) is 4.71. The molecule has 2 atom stereocenters. The Hall–Kier alpha value is -1.20. The first-order chi connectivity index (χ1) is 9.17. The van der Waals surface area contributed by atoms with Crippen molar-refractivity contribution in [3.8, 4) is 5.75 Å². The van der Waals surface area contributed by atoms with Crippen LogP contribution in [0.2, 0.25) is 0 Å². The molecule has 0 radical (unpaired) electrons. The molecular weight excluding hydrogens is 252 g/mol. The molecule has 0 bridgehead atoms. The van der Waals surface area contributed by atoms with Crippen LogP contribution in [0, 0.1) is 17.6 Å². The maximum Gasteiger partial charge on any atom is 0.134 e. The number of benzene rings is 1. The Labute approximate surface area is 111 Å². The molecule has 2 unspecified atom stereocenters. The minimum Gasteiger partial charge on any atom is -0.497 e. The zero-order chi connectivity index (χ0) is 13.8. The van der Waals surface area contributed by atoms with Crippen molar-refractivity contribution >= 4 is 0 Å². The van der Waals surface area contributed by atoms with Gasteiger partial charge >= 0.3 is 0 Å². The Morgan fingerprint density at radius 3 is 2.58 bits per heavy atom. The van der Waals surface area contributed by atoms with E-state index in [0.29, 0.717) is 19.8 Å². The van der Waals surface area contributed by atoms with Gasteiger partial charge in [0.15, 0.2) is 0 Å². The molecular formula is C14H19F2NO2. The molecule has 2 rings (SSSR count). The van der Waals surface area contributed by atoms with Gasteiger partial charge in [-0.2, -0.15) is 0 Å². The van der Waals surface area contributed by atoms with Crippen molar-refractivity contribution in [1.82, 2.24) is 5.32 Å². The van der Waals surface area contributed by atoms with Gasteiger partial charge in [-0.05, 0) is 13.0 Å². The highest BCUT2D eigenvalue weighted by Gasteiger charge is 2.31. The molecule has 0 aromatic heterocycles. The molecule has 1 fully saturated rings. The van der Waals surface area contributed by atoms with Crippen LogP contribution in [0.15, 0.2) is 12.1 Å². The van der Waals surface area contributed by atoms with E-state index in [0.717, 1.165) is 6.42 Å². The van der Waals surface area contributed by atoms with Crippen LogP contribution in [0.3, 0.4) is 0 Å². The van der Waals surface area contributed by atoms with E-state index >= 15 is 0 Å².